The molecule has 0 atom stereocenters. The van der Waals surface area contributed by atoms with Crippen LogP contribution < -0.4 is 5.43 Å². The summed E-state index contributed by atoms with van der Waals surface area (Å²) in [5.74, 6) is -1.36. The molecule has 1 aromatic heterocycles. The fourth-order valence-corrected chi connectivity index (χ4v) is 2.35. The predicted octanol–water partition coefficient (Wildman–Crippen LogP) is 1.28. The first kappa shape index (κ1) is 13.3. The molecule has 7 heteroatoms. The van der Waals surface area contributed by atoms with Crippen molar-refractivity contribution in [2.24, 2.45) is 0 Å². The third-order valence-electron chi connectivity index (χ3n) is 2.64. The molecule has 0 amide bonds. The van der Waals surface area contributed by atoms with Gasteiger partial charge >= 0.3 is 5.97 Å². The smallest absolute Gasteiger partial charge is 0.335 e. The Bertz CT molecular complexity index is 816. The van der Waals surface area contributed by atoms with Crippen molar-refractivity contribution in [1.82, 2.24) is 0 Å². The summed E-state index contributed by atoms with van der Waals surface area (Å²) >= 11 is 0. The van der Waals surface area contributed by atoms with E-state index in [1.54, 1.807) is 0 Å². The monoisotopic (exact) mass is 282 g/mol. The summed E-state index contributed by atoms with van der Waals surface area (Å²) in [5, 5.41) is 8.46. The van der Waals surface area contributed by atoms with Crippen LogP contribution in [0.25, 0.3) is 11.0 Å². The van der Waals surface area contributed by atoms with Crippen LogP contribution in [0, 0.1) is 0 Å². The van der Waals surface area contributed by atoms with Gasteiger partial charge in [0.05, 0.1) is 16.7 Å². The molecule has 0 radical (unpaired) electrons. The van der Waals surface area contributed by atoms with Crippen molar-refractivity contribution in [3.63, 3.8) is 0 Å². The molecule has 2 rings (SSSR count). The summed E-state index contributed by atoms with van der Waals surface area (Å²) in [4.78, 5) is 22.6. The van der Waals surface area contributed by atoms with E-state index in [4.69, 9.17) is 9.52 Å². The van der Waals surface area contributed by atoms with Gasteiger partial charge in [0.2, 0.25) is 14.9 Å². The second kappa shape index (κ2) is 4.51. The number of fused-ring (bicyclic) bond motifs is 1. The molecule has 0 saturated heterocycles. The number of carboxylic acids is 1. The van der Waals surface area contributed by atoms with Gasteiger partial charge in [0.15, 0.2) is 5.43 Å². The summed E-state index contributed by atoms with van der Waals surface area (Å²) in [6.07, 6.45) is 0. The summed E-state index contributed by atoms with van der Waals surface area (Å²) < 4.78 is 28.4. The number of hydrogen-bond donors (Lipinski definition) is 1. The average Bonchev–Trinajstić information content (AvgIpc) is 2.38. The van der Waals surface area contributed by atoms with Crippen LogP contribution in [-0.2, 0) is 9.84 Å². The van der Waals surface area contributed by atoms with Gasteiger partial charge in [0.1, 0.15) is 5.58 Å². The SMILES string of the molecule is CCS(=O)(=O)c1cc(=O)c2cc(C(=O)O)ccc2o1. The first-order valence-corrected chi connectivity index (χ1v) is 7.04. The fourth-order valence-electron chi connectivity index (χ4n) is 1.56. The Morgan fingerprint density at radius 1 is 1.32 bits per heavy atom. The number of hydrogen-bond acceptors (Lipinski definition) is 5. The van der Waals surface area contributed by atoms with Crippen LogP contribution in [0.4, 0.5) is 0 Å². The number of aromatic carboxylic acids is 1. The number of benzene rings is 1. The van der Waals surface area contributed by atoms with Crippen molar-refractivity contribution in [1.29, 1.82) is 0 Å². The van der Waals surface area contributed by atoms with Gasteiger partial charge < -0.3 is 9.52 Å². The molecule has 0 spiro atoms. The molecule has 0 saturated carbocycles. The summed E-state index contributed by atoms with van der Waals surface area (Å²) in [7, 11) is -3.62. The van der Waals surface area contributed by atoms with Crippen LogP contribution in [0.15, 0.2) is 38.6 Å². The standard InChI is InChI=1S/C12H10O6S/c1-2-19(16,17)11-6-9(13)8-5-7(12(14)15)3-4-10(8)18-11/h3-6H,2H2,1H3,(H,14,15). The maximum atomic E-state index is 11.8. The summed E-state index contributed by atoms with van der Waals surface area (Å²) in [6.45, 7) is 1.44. The highest BCUT2D eigenvalue weighted by atomic mass is 32.2. The van der Waals surface area contributed by atoms with Crippen LogP contribution >= 0.6 is 0 Å². The van der Waals surface area contributed by atoms with E-state index in [1.165, 1.54) is 19.1 Å². The molecular formula is C12H10O6S. The number of rotatable bonds is 3. The van der Waals surface area contributed by atoms with E-state index in [0.29, 0.717) is 0 Å². The van der Waals surface area contributed by atoms with Crippen molar-refractivity contribution >= 4 is 26.8 Å². The molecule has 100 valence electrons. The normalized spacial score (nSPS) is 11.6. The van der Waals surface area contributed by atoms with E-state index < -0.39 is 26.3 Å². The second-order valence-corrected chi connectivity index (χ2v) is 6.06. The molecule has 0 fully saturated rings. The molecule has 19 heavy (non-hydrogen) atoms. The van der Waals surface area contributed by atoms with E-state index in [9.17, 15) is 18.0 Å². The molecule has 0 aliphatic rings. The zero-order chi connectivity index (χ0) is 14.2. The van der Waals surface area contributed by atoms with E-state index in [2.05, 4.69) is 0 Å². The van der Waals surface area contributed by atoms with Crippen molar-refractivity contribution < 1.29 is 22.7 Å². The van der Waals surface area contributed by atoms with Gasteiger partial charge in [-0.25, -0.2) is 13.2 Å². The zero-order valence-electron chi connectivity index (χ0n) is 9.91. The highest BCUT2D eigenvalue weighted by Crippen LogP contribution is 2.18. The van der Waals surface area contributed by atoms with Gasteiger partial charge in [0, 0.05) is 6.07 Å². The number of carbonyl (C=O) groups is 1. The van der Waals surface area contributed by atoms with Crippen LogP contribution in [-0.4, -0.2) is 25.2 Å². The van der Waals surface area contributed by atoms with Gasteiger partial charge in [-0.15, -0.1) is 0 Å². The van der Waals surface area contributed by atoms with Gasteiger partial charge in [-0.3, -0.25) is 4.79 Å². The topological polar surface area (TPSA) is 102 Å². The lowest BCUT2D eigenvalue weighted by Crippen LogP contribution is -2.10. The Hall–Kier alpha value is -2.15. The summed E-state index contributed by atoms with van der Waals surface area (Å²) in [5.41, 5.74) is -0.605. The molecular weight excluding hydrogens is 272 g/mol. The lowest BCUT2D eigenvalue weighted by Gasteiger charge is -2.03. The first-order chi connectivity index (χ1) is 8.85. The molecule has 1 aromatic carbocycles. The highest BCUT2D eigenvalue weighted by Gasteiger charge is 2.17. The molecule has 1 N–H and O–H groups in total. The maximum Gasteiger partial charge on any atom is 0.335 e. The largest absolute Gasteiger partial charge is 0.478 e. The minimum Gasteiger partial charge on any atom is -0.478 e. The lowest BCUT2D eigenvalue weighted by atomic mass is 10.1. The second-order valence-electron chi connectivity index (χ2n) is 3.85. The Balaban J connectivity index is 2.77. The molecule has 6 nitrogen and oxygen atoms in total. The molecule has 0 aliphatic heterocycles. The van der Waals surface area contributed by atoms with Crippen LogP contribution in [0.1, 0.15) is 17.3 Å². The van der Waals surface area contributed by atoms with E-state index in [-0.39, 0.29) is 22.3 Å². The molecule has 0 aliphatic carbocycles. The average molecular weight is 282 g/mol. The van der Waals surface area contributed by atoms with Crippen molar-refractivity contribution in [3.8, 4) is 0 Å². The molecule has 2 aromatic rings. The van der Waals surface area contributed by atoms with E-state index >= 15 is 0 Å². The zero-order valence-corrected chi connectivity index (χ0v) is 10.7. The third kappa shape index (κ3) is 2.37. The Morgan fingerprint density at radius 3 is 2.58 bits per heavy atom. The van der Waals surface area contributed by atoms with Crippen molar-refractivity contribution in [2.75, 3.05) is 5.75 Å². The maximum absolute atomic E-state index is 11.8. The number of carboxylic acid groups (broad SMARTS) is 1. The van der Waals surface area contributed by atoms with Gasteiger partial charge in [-0.1, -0.05) is 6.92 Å². The first-order valence-electron chi connectivity index (χ1n) is 5.39. The Kier molecular flexibility index (Phi) is 3.15. The molecule has 0 bridgehead atoms. The quantitative estimate of drug-likeness (QED) is 0.910. The minimum absolute atomic E-state index is 0.0370. The van der Waals surface area contributed by atoms with Crippen LogP contribution in [0.3, 0.4) is 0 Å². The Labute approximate surface area is 108 Å². The molecule has 0 unspecified atom stereocenters. The predicted molar refractivity (Wildman–Crippen MR) is 67.2 cm³/mol. The van der Waals surface area contributed by atoms with E-state index in [0.717, 1.165) is 12.1 Å². The van der Waals surface area contributed by atoms with Crippen LogP contribution in [0.2, 0.25) is 0 Å². The fraction of sp³-hybridized carbons (Fsp3) is 0.167. The molecule has 1 heterocycles. The Morgan fingerprint density at radius 2 is 2.00 bits per heavy atom. The van der Waals surface area contributed by atoms with E-state index in [1.807, 2.05) is 0 Å². The third-order valence-corrected chi connectivity index (χ3v) is 4.21. The van der Waals surface area contributed by atoms with Gasteiger partial charge in [0.25, 0.3) is 0 Å². The minimum atomic E-state index is -3.62. The van der Waals surface area contributed by atoms with Gasteiger partial charge in [-0.2, -0.15) is 0 Å². The lowest BCUT2D eigenvalue weighted by molar-refractivity contribution is 0.0697. The van der Waals surface area contributed by atoms with Gasteiger partial charge in [-0.05, 0) is 18.2 Å². The van der Waals surface area contributed by atoms with Crippen LogP contribution in [0.5, 0.6) is 0 Å². The highest BCUT2D eigenvalue weighted by molar-refractivity contribution is 7.91. The van der Waals surface area contributed by atoms with Crippen molar-refractivity contribution in [2.45, 2.75) is 12.0 Å². The number of sulfone groups is 1. The summed E-state index contributed by atoms with van der Waals surface area (Å²) in [6, 6.07) is 4.55. The van der Waals surface area contributed by atoms with Crippen molar-refractivity contribution in [3.05, 3.63) is 40.1 Å².